The number of anilines is 1. The normalized spacial score (nSPS) is 12.2. The van der Waals surface area contributed by atoms with Crippen LogP contribution < -0.4 is 15.8 Å². The van der Waals surface area contributed by atoms with Gasteiger partial charge in [-0.2, -0.15) is 8.78 Å². The summed E-state index contributed by atoms with van der Waals surface area (Å²) in [6, 6.07) is 13.5. The molecular formula is C15H15ClF2N2O. The van der Waals surface area contributed by atoms with E-state index in [9.17, 15) is 8.78 Å². The molecule has 2 rings (SSSR count). The predicted octanol–water partition coefficient (Wildman–Crippen LogP) is 4.05. The van der Waals surface area contributed by atoms with Crippen LogP contribution in [0.2, 0.25) is 5.02 Å². The number of alkyl halides is 2. The molecule has 0 aliphatic rings. The molecule has 0 aliphatic heterocycles. The standard InChI is InChI=1S/C15H15ClF2N2O/c16-11-3-5-12(6-4-11)20-14(9-19)10-1-7-13(8-2-10)21-15(17)18/h1-8,14-15,20H,9,19H2. The minimum Gasteiger partial charge on any atom is -0.435 e. The van der Waals surface area contributed by atoms with Crippen LogP contribution in [0.25, 0.3) is 0 Å². The number of hydrogen-bond acceptors (Lipinski definition) is 3. The van der Waals surface area contributed by atoms with Crippen LogP contribution in [0.4, 0.5) is 14.5 Å². The minimum atomic E-state index is -2.83. The monoisotopic (exact) mass is 312 g/mol. The molecule has 0 radical (unpaired) electrons. The number of halogens is 3. The van der Waals surface area contributed by atoms with Crippen LogP contribution in [-0.4, -0.2) is 13.2 Å². The van der Waals surface area contributed by atoms with E-state index in [1.54, 1.807) is 24.3 Å². The van der Waals surface area contributed by atoms with Gasteiger partial charge in [0.1, 0.15) is 5.75 Å². The van der Waals surface area contributed by atoms with E-state index in [0.29, 0.717) is 11.6 Å². The molecule has 112 valence electrons. The highest BCUT2D eigenvalue weighted by atomic mass is 35.5. The molecule has 0 aromatic heterocycles. The molecular weight excluding hydrogens is 298 g/mol. The van der Waals surface area contributed by atoms with Crippen molar-refractivity contribution in [3.63, 3.8) is 0 Å². The zero-order valence-corrected chi connectivity index (χ0v) is 11.9. The maximum absolute atomic E-state index is 12.1. The zero-order chi connectivity index (χ0) is 15.2. The summed E-state index contributed by atoms with van der Waals surface area (Å²) in [4.78, 5) is 0. The first-order chi connectivity index (χ1) is 10.1. The van der Waals surface area contributed by atoms with E-state index in [-0.39, 0.29) is 11.8 Å². The second-order valence-electron chi connectivity index (χ2n) is 4.39. The van der Waals surface area contributed by atoms with Crippen LogP contribution in [0.15, 0.2) is 48.5 Å². The molecule has 0 saturated heterocycles. The van der Waals surface area contributed by atoms with Gasteiger partial charge in [-0.1, -0.05) is 23.7 Å². The average Bonchev–Trinajstić information content (AvgIpc) is 2.47. The Balaban J connectivity index is 2.08. The van der Waals surface area contributed by atoms with Gasteiger partial charge in [0.15, 0.2) is 0 Å². The molecule has 2 aromatic carbocycles. The topological polar surface area (TPSA) is 47.3 Å². The van der Waals surface area contributed by atoms with E-state index in [2.05, 4.69) is 10.1 Å². The third-order valence-electron chi connectivity index (χ3n) is 2.93. The van der Waals surface area contributed by atoms with Gasteiger partial charge in [0, 0.05) is 17.3 Å². The van der Waals surface area contributed by atoms with E-state index in [1.165, 1.54) is 12.1 Å². The number of ether oxygens (including phenoxy) is 1. The number of rotatable bonds is 6. The Morgan fingerprint density at radius 3 is 2.19 bits per heavy atom. The Hall–Kier alpha value is -1.85. The minimum absolute atomic E-state index is 0.121. The summed E-state index contributed by atoms with van der Waals surface area (Å²) in [6.07, 6.45) is 0. The third kappa shape index (κ3) is 4.58. The van der Waals surface area contributed by atoms with Gasteiger partial charge < -0.3 is 15.8 Å². The Bertz CT molecular complexity index is 561. The van der Waals surface area contributed by atoms with Gasteiger partial charge in [0.05, 0.1) is 6.04 Å². The Kier molecular flexibility index (Phi) is 5.36. The van der Waals surface area contributed by atoms with Gasteiger partial charge >= 0.3 is 6.61 Å². The van der Waals surface area contributed by atoms with Crippen molar-refractivity contribution in [2.24, 2.45) is 5.73 Å². The SMILES string of the molecule is NCC(Nc1ccc(Cl)cc1)c1ccc(OC(F)F)cc1. The maximum atomic E-state index is 12.1. The first-order valence-electron chi connectivity index (χ1n) is 6.35. The van der Waals surface area contributed by atoms with Crippen molar-refractivity contribution >= 4 is 17.3 Å². The molecule has 2 aromatic rings. The van der Waals surface area contributed by atoms with Gasteiger partial charge in [-0.25, -0.2) is 0 Å². The van der Waals surface area contributed by atoms with Crippen LogP contribution in [0.1, 0.15) is 11.6 Å². The summed E-state index contributed by atoms with van der Waals surface area (Å²) in [6.45, 7) is -2.47. The van der Waals surface area contributed by atoms with E-state index in [4.69, 9.17) is 17.3 Å². The third-order valence-corrected chi connectivity index (χ3v) is 3.18. The molecule has 0 fully saturated rings. The van der Waals surface area contributed by atoms with Crippen LogP contribution in [0, 0.1) is 0 Å². The smallest absolute Gasteiger partial charge is 0.387 e. The molecule has 6 heteroatoms. The van der Waals surface area contributed by atoms with Gasteiger partial charge in [0.25, 0.3) is 0 Å². The fourth-order valence-corrected chi connectivity index (χ4v) is 2.03. The fraction of sp³-hybridized carbons (Fsp3) is 0.200. The predicted molar refractivity (Wildman–Crippen MR) is 79.9 cm³/mol. The zero-order valence-electron chi connectivity index (χ0n) is 11.1. The van der Waals surface area contributed by atoms with Crippen molar-refractivity contribution in [2.75, 3.05) is 11.9 Å². The van der Waals surface area contributed by atoms with Gasteiger partial charge in [0.2, 0.25) is 0 Å². The number of hydrogen-bond donors (Lipinski definition) is 2. The van der Waals surface area contributed by atoms with Crippen molar-refractivity contribution in [3.05, 3.63) is 59.1 Å². The summed E-state index contributed by atoms with van der Waals surface area (Å²) >= 11 is 5.83. The van der Waals surface area contributed by atoms with Crippen LogP contribution in [0.3, 0.4) is 0 Å². The van der Waals surface area contributed by atoms with E-state index in [1.807, 2.05) is 12.1 Å². The number of nitrogens with two attached hydrogens (primary N) is 1. The fourth-order valence-electron chi connectivity index (χ4n) is 1.91. The van der Waals surface area contributed by atoms with Crippen molar-refractivity contribution in [1.29, 1.82) is 0 Å². The van der Waals surface area contributed by atoms with Crippen LogP contribution >= 0.6 is 11.6 Å². The summed E-state index contributed by atoms with van der Waals surface area (Å²) < 4.78 is 28.5. The van der Waals surface area contributed by atoms with Crippen molar-refractivity contribution in [3.8, 4) is 5.75 Å². The summed E-state index contributed by atoms with van der Waals surface area (Å²) in [5.74, 6) is 0.121. The summed E-state index contributed by atoms with van der Waals surface area (Å²) in [7, 11) is 0. The van der Waals surface area contributed by atoms with E-state index >= 15 is 0 Å². The molecule has 3 nitrogen and oxygen atoms in total. The lowest BCUT2D eigenvalue weighted by Crippen LogP contribution is -2.20. The molecule has 0 saturated carbocycles. The largest absolute Gasteiger partial charge is 0.435 e. The second-order valence-corrected chi connectivity index (χ2v) is 4.82. The summed E-state index contributed by atoms with van der Waals surface area (Å²) in [5, 5.41) is 3.91. The molecule has 0 aliphatic carbocycles. The first kappa shape index (κ1) is 15.5. The van der Waals surface area contributed by atoms with E-state index < -0.39 is 6.61 Å². The van der Waals surface area contributed by atoms with Crippen LogP contribution in [-0.2, 0) is 0 Å². The Labute approximate surface area is 126 Å². The van der Waals surface area contributed by atoms with Gasteiger partial charge in [-0.05, 0) is 42.0 Å². The lowest BCUT2D eigenvalue weighted by molar-refractivity contribution is -0.0498. The molecule has 3 N–H and O–H groups in total. The Morgan fingerprint density at radius 1 is 1.05 bits per heavy atom. The van der Waals surface area contributed by atoms with Crippen molar-refractivity contribution in [2.45, 2.75) is 12.7 Å². The highest BCUT2D eigenvalue weighted by Crippen LogP contribution is 2.23. The Morgan fingerprint density at radius 2 is 1.67 bits per heavy atom. The van der Waals surface area contributed by atoms with Crippen molar-refractivity contribution < 1.29 is 13.5 Å². The lowest BCUT2D eigenvalue weighted by atomic mass is 10.1. The number of nitrogens with one attached hydrogen (secondary N) is 1. The summed E-state index contributed by atoms with van der Waals surface area (Å²) in [5.41, 5.74) is 7.52. The molecule has 0 bridgehead atoms. The molecule has 21 heavy (non-hydrogen) atoms. The maximum Gasteiger partial charge on any atom is 0.387 e. The van der Waals surface area contributed by atoms with Crippen molar-refractivity contribution in [1.82, 2.24) is 0 Å². The van der Waals surface area contributed by atoms with Crippen LogP contribution in [0.5, 0.6) is 5.75 Å². The first-order valence-corrected chi connectivity index (χ1v) is 6.73. The quantitative estimate of drug-likeness (QED) is 0.846. The lowest BCUT2D eigenvalue weighted by Gasteiger charge is -2.19. The second kappa shape index (κ2) is 7.24. The molecule has 1 unspecified atom stereocenters. The highest BCUT2D eigenvalue weighted by molar-refractivity contribution is 6.30. The molecule has 0 heterocycles. The molecule has 0 spiro atoms. The number of benzene rings is 2. The molecule has 0 amide bonds. The molecule has 1 atom stereocenters. The highest BCUT2D eigenvalue weighted by Gasteiger charge is 2.10. The van der Waals surface area contributed by atoms with Gasteiger partial charge in [-0.3, -0.25) is 0 Å². The average molecular weight is 313 g/mol. The van der Waals surface area contributed by atoms with E-state index in [0.717, 1.165) is 11.3 Å². The van der Waals surface area contributed by atoms with Gasteiger partial charge in [-0.15, -0.1) is 0 Å².